The van der Waals surface area contributed by atoms with Crippen LogP contribution in [0.1, 0.15) is 36.4 Å². The van der Waals surface area contributed by atoms with Crippen LogP contribution in [0.25, 0.3) is 11.1 Å². The number of fused-ring (bicyclic) bond motifs is 1. The molecule has 10 heteroatoms. The van der Waals surface area contributed by atoms with E-state index in [1.807, 2.05) is 25.1 Å². The quantitative estimate of drug-likeness (QED) is 0.212. The van der Waals surface area contributed by atoms with Crippen LogP contribution in [-0.2, 0) is 17.8 Å². The summed E-state index contributed by atoms with van der Waals surface area (Å²) in [6.45, 7) is 9.06. The van der Waals surface area contributed by atoms with Crippen molar-refractivity contribution in [3.05, 3.63) is 95.4 Å². The van der Waals surface area contributed by atoms with Crippen LogP contribution in [0.4, 0.5) is 16.2 Å². The van der Waals surface area contributed by atoms with E-state index in [2.05, 4.69) is 71.1 Å². The molecule has 1 aromatic heterocycles. The second-order valence-electron chi connectivity index (χ2n) is 12.2. The fraction of sp³-hybridized carbons (Fsp3) is 0.361. The van der Waals surface area contributed by atoms with Crippen LogP contribution in [0.2, 0.25) is 0 Å². The lowest BCUT2D eigenvalue weighted by Crippen LogP contribution is -2.47. The van der Waals surface area contributed by atoms with Crippen molar-refractivity contribution in [3.63, 3.8) is 0 Å². The summed E-state index contributed by atoms with van der Waals surface area (Å²) in [7, 11) is 2.07. The van der Waals surface area contributed by atoms with E-state index in [1.165, 1.54) is 16.7 Å². The molecule has 242 valence electrons. The second-order valence-corrected chi connectivity index (χ2v) is 12.2. The molecule has 0 saturated carbocycles. The van der Waals surface area contributed by atoms with Crippen molar-refractivity contribution in [1.82, 2.24) is 15.0 Å². The first-order chi connectivity index (χ1) is 22.1. The Kier molecular flexibility index (Phi) is 10.4. The maximum absolute atomic E-state index is 13.6. The molecule has 0 saturated heterocycles. The minimum atomic E-state index is -0.454. The lowest BCUT2D eigenvalue weighted by Gasteiger charge is -2.34. The molecule has 0 radical (unpaired) electrons. The molecule has 0 bridgehead atoms. The van der Waals surface area contributed by atoms with Gasteiger partial charge in [-0.1, -0.05) is 66.7 Å². The van der Waals surface area contributed by atoms with Crippen LogP contribution in [0.15, 0.2) is 77.3 Å². The van der Waals surface area contributed by atoms with E-state index in [4.69, 9.17) is 9.26 Å². The van der Waals surface area contributed by atoms with Gasteiger partial charge in [-0.3, -0.25) is 9.69 Å². The smallest absolute Gasteiger partial charge is 0.323 e. The number of nitrogens with zero attached hydrogens (tertiary/aromatic N) is 3. The predicted molar refractivity (Wildman–Crippen MR) is 179 cm³/mol. The highest BCUT2D eigenvalue weighted by Crippen LogP contribution is 2.30. The fourth-order valence-electron chi connectivity index (χ4n) is 5.78. The molecule has 2 heterocycles. The summed E-state index contributed by atoms with van der Waals surface area (Å²) >= 11 is 0. The van der Waals surface area contributed by atoms with Crippen LogP contribution in [-0.4, -0.2) is 70.9 Å². The molecule has 10 nitrogen and oxygen atoms in total. The maximum Gasteiger partial charge on any atom is 0.323 e. The lowest BCUT2D eigenvalue weighted by atomic mass is 10.0. The molecule has 1 aliphatic rings. The number of amides is 3. The number of ether oxygens (including phenoxy) is 1. The van der Waals surface area contributed by atoms with Crippen LogP contribution in [0.5, 0.6) is 5.75 Å². The van der Waals surface area contributed by atoms with Gasteiger partial charge in [-0.25, -0.2) is 4.79 Å². The predicted octanol–water partition coefficient (Wildman–Crippen LogP) is 5.88. The van der Waals surface area contributed by atoms with Gasteiger partial charge in [0.15, 0.2) is 5.76 Å². The molecule has 1 aliphatic heterocycles. The molecular formula is C36H43N5O5. The molecule has 3 N–H and O–H groups in total. The van der Waals surface area contributed by atoms with Crippen molar-refractivity contribution in [2.75, 3.05) is 37.4 Å². The van der Waals surface area contributed by atoms with Crippen LogP contribution >= 0.6 is 0 Å². The van der Waals surface area contributed by atoms with Crippen molar-refractivity contribution >= 4 is 23.3 Å². The standard InChI is InChI=1S/C36H43N5O5/c1-23-19-41(24(2)22-42)34(43)18-30-17-31(37-36(44)38-35-25(3)39-46-26(35)4)15-16-32(30)45-33(23)21-40(5)20-27-11-13-29(14-12-27)28-9-7-6-8-10-28/h6-17,23-24,33,42H,18-22H2,1-5H3,(H2,37,38,44)/t23-,24-,33+/m1/s1. The number of anilines is 2. The van der Waals surface area contributed by atoms with E-state index in [0.29, 0.717) is 47.2 Å². The van der Waals surface area contributed by atoms with Crippen LogP contribution in [0.3, 0.4) is 0 Å². The zero-order chi connectivity index (χ0) is 32.8. The maximum atomic E-state index is 13.6. The molecule has 3 aromatic carbocycles. The van der Waals surface area contributed by atoms with E-state index in [0.717, 1.165) is 6.54 Å². The van der Waals surface area contributed by atoms with Gasteiger partial charge in [0.1, 0.15) is 23.2 Å². The topological polar surface area (TPSA) is 120 Å². The van der Waals surface area contributed by atoms with Gasteiger partial charge in [0.2, 0.25) is 5.91 Å². The number of nitrogens with one attached hydrogen (secondary N) is 2. The molecule has 3 amide bonds. The highest BCUT2D eigenvalue weighted by molar-refractivity contribution is 6.00. The Morgan fingerprint density at radius 2 is 1.78 bits per heavy atom. The van der Waals surface area contributed by atoms with Gasteiger partial charge >= 0.3 is 6.03 Å². The summed E-state index contributed by atoms with van der Waals surface area (Å²) in [4.78, 5) is 30.3. The fourth-order valence-corrected chi connectivity index (χ4v) is 5.78. The molecule has 5 rings (SSSR count). The summed E-state index contributed by atoms with van der Waals surface area (Å²) in [5, 5.41) is 19.5. The number of aromatic nitrogens is 1. The first-order valence-corrected chi connectivity index (χ1v) is 15.6. The van der Waals surface area contributed by atoms with Gasteiger partial charge in [0.05, 0.1) is 19.1 Å². The molecule has 0 aliphatic carbocycles. The van der Waals surface area contributed by atoms with E-state index < -0.39 is 6.03 Å². The number of rotatable bonds is 9. The van der Waals surface area contributed by atoms with Crippen molar-refractivity contribution < 1.29 is 24.0 Å². The number of benzene rings is 3. The highest BCUT2D eigenvalue weighted by Gasteiger charge is 2.31. The lowest BCUT2D eigenvalue weighted by molar-refractivity contribution is -0.134. The first kappa shape index (κ1) is 32.7. The number of likely N-dealkylation sites (N-methyl/N-ethyl adjacent to an activating group) is 1. The summed E-state index contributed by atoms with van der Waals surface area (Å²) < 4.78 is 11.8. The Morgan fingerprint density at radius 3 is 2.46 bits per heavy atom. The monoisotopic (exact) mass is 625 g/mol. The Morgan fingerprint density at radius 1 is 1.07 bits per heavy atom. The number of aliphatic hydroxyl groups excluding tert-OH is 1. The summed E-state index contributed by atoms with van der Waals surface area (Å²) in [6.07, 6.45) is -0.169. The third kappa shape index (κ3) is 7.94. The summed E-state index contributed by atoms with van der Waals surface area (Å²) in [5.41, 5.74) is 5.82. The van der Waals surface area contributed by atoms with Gasteiger partial charge in [-0.2, -0.15) is 0 Å². The van der Waals surface area contributed by atoms with Crippen molar-refractivity contribution in [1.29, 1.82) is 0 Å². The number of carbonyl (C=O) groups is 2. The zero-order valence-corrected chi connectivity index (χ0v) is 27.1. The van der Waals surface area contributed by atoms with E-state index in [-0.39, 0.29) is 37.0 Å². The average molecular weight is 626 g/mol. The van der Waals surface area contributed by atoms with E-state index >= 15 is 0 Å². The molecule has 4 aromatic rings. The average Bonchev–Trinajstić information content (AvgIpc) is 3.38. The molecule has 0 spiro atoms. The van der Waals surface area contributed by atoms with E-state index in [1.54, 1.807) is 36.9 Å². The minimum absolute atomic E-state index is 0.0227. The Bertz CT molecular complexity index is 1620. The third-order valence-electron chi connectivity index (χ3n) is 8.45. The molecule has 46 heavy (non-hydrogen) atoms. The Balaban J connectivity index is 1.33. The number of carbonyl (C=O) groups excluding carboxylic acids is 2. The van der Waals surface area contributed by atoms with Gasteiger partial charge in [0.25, 0.3) is 0 Å². The molecule has 3 atom stereocenters. The number of aryl methyl sites for hydroxylation is 2. The first-order valence-electron chi connectivity index (χ1n) is 15.6. The second kappa shape index (κ2) is 14.6. The number of hydrogen-bond donors (Lipinski definition) is 3. The zero-order valence-electron chi connectivity index (χ0n) is 27.1. The Hall–Kier alpha value is -4.67. The van der Waals surface area contributed by atoms with Gasteiger partial charge in [-0.15, -0.1) is 0 Å². The molecular weight excluding hydrogens is 582 g/mol. The SMILES string of the molecule is Cc1noc(C)c1NC(=O)Nc1ccc2c(c1)CC(=O)N([C@H](C)CO)C[C@@H](C)[C@H](CN(C)Cc1ccc(-c3ccccc3)cc1)O2. The molecule has 0 fully saturated rings. The van der Waals surface area contributed by atoms with E-state index in [9.17, 15) is 14.7 Å². The van der Waals surface area contributed by atoms with Crippen molar-refractivity contribution in [3.8, 4) is 16.9 Å². The summed E-state index contributed by atoms with van der Waals surface area (Å²) in [6, 6.07) is 23.5. The summed E-state index contributed by atoms with van der Waals surface area (Å²) in [5.74, 6) is 0.975. The van der Waals surface area contributed by atoms with Gasteiger partial charge in [-0.05, 0) is 62.7 Å². The van der Waals surface area contributed by atoms with Crippen LogP contribution < -0.4 is 15.4 Å². The third-order valence-corrected chi connectivity index (χ3v) is 8.45. The van der Waals surface area contributed by atoms with Gasteiger partial charge < -0.3 is 29.9 Å². The minimum Gasteiger partial charge on any atom is -0.488 e. The normalized spacial score (nSPS) is 17.4. The van der Waals surface area contributed by atoms with Crippen molar-refractivity contribution in [2.24, 2.45) is 5.92 Å². The van der Waals surface area contributed by atoms with Crippen LogP contribution in [0, 0.1) is 19.8 Å². The largest absolute Gasteiger partial charge is 0.488 e. The number of urea groups is 1. The number of aliphatic hydroxyl groups is 1. The number of hydrogen-bond acceptors (Lipinski definition) is 7. The van der Waals surface area contributed by atoms with Crippen molar-refractivity contribution in [2.45, 2.75) is 52.8 Å². The Labute approximate surface area is 270 Å². The highest BCUT2D eigenvalue weighted by atomic mass is 16.5. The van der Waals surface area contributed by atoms with Gasteiger partial charge in [0, 0.05) is 36.8 Å². The molecule has 0 unspecified atom stereocenters.